The Hall–Kier alpha value is -1.15. The van der Waals surface area contributed by atoms with Gasteiger partial charge in [-0.05, 0) is 43.0 Å². The van der Waals surface area contributed by atoms with Gasteiger partial charge >= 0.3 is 0 Å². The Kier molecular flexibility index (Phi) is 4.76. The summed E-state index contributed by atoms with van der Waals surface area (Å²) in [5.74, 6) is 5.59. The Morgan fingerprint density at radius 3 is 2.42 bits per heavy atom. The molecule has 0 bridgehead atoms. The van der Waals surface area contributed by atoms with Gasteiger partial charge < -0.3 is 10.2 Å². The van der Waals surface area contributed by atoms with Crippen molar-refractivity contribution in [3.8, 4) is 0 Å². The highest BCUT2D eigenvalue weighted by Crippen LogP contribution is 2.16. The van der Waals surface area contributed by atoms with Crippen molar-refractivity contribution in [1.82, 2.24) is 4.72 Å². The highest BCUT2D eigenvalue weighted by molar-refractivity contribution is 7.89. The molecular weight excluding hydrogens is 266 g/mol. The van der Waals surface area contributed by atoms with Crippen LogP contribution in [0.4, 0.5) is 5.69 Å². The lowest BCUT2D eigenvalue weighted by molar-refractivity contribution is 0.0678. The summed E-state index contributed by atoms with van der Waals surface area (Å²) in [6.45, 7) is 1.88. The van der Waals surface area contributed by atoms with E-state index < -0.39 is 10.0 Å². The largest absolute Gasteiger partial charge is 0.381 e. The van der Waals surface area contributed by atoms with Crippen LogP contribution in [0.15, 0.2) is 29.2 Å². The van der Waals surface area contributed by atoms with Crippen LogP contribution in [0.5, 0.6) is 0 Å². The predicted octanol–water partition coefficient (Wildman–Crippen LogP) is 0.677. The molecule has 6 nitrogen and oxygen atoms in total. The van der Waals surface area contributed by atoms with Crippen LogP contribution in [-0.4, -0.2) is 28.2 Å². The second kappa shape index (κ2) is 6.33. The fraction of sp³-hybridized carbons (Fsp3) is 0.500. The van der Waals surface area contributed by atoms with Crippen LogP contribution >= 0.6 is 0 Å². The number of nitrogen functional groups attached to an aromatic ring is 1. The third-order valence-electron chi connectivity index (χ3n) is 3.23. The number of sulfonamides is 1. The molecule has 19 heavy (non-hydrogen) atoms. The smallest absolute Gasteiger partial charge is 0.240 e. The molecule has 1 aliphatic heterocycles. The minimum absolute atomic E-state index is 0.249. The average molecular weight is 285 g/mol. The maximum atomic E-state index is 12.1. The van der Waals surface area contributed by atoms with Crippen molar-refractivity contribution in [3.63, 3.8) is 0 Å². The quantitative estimate of drug-likeness (QED) is 0.546. The summed E-state index contributed by atoms with van der Waals surface area (Å²) in [5.41, 5.74) is 3.13. The van der Waals surface area contributed by atoms with Gasteiger partial charge in [-0.2, -0.15) is 0 Å². The van der Waals surface area contributed by atoms with Crippen molar-refractivity contribution >= 4 is 15.7 Å². The molecule has 2 rings (SSSR count). The van der Waals surface area contributed by atoms with Crippen molar-refractivity contribution in [2.45, 2.75) is 17.7 Å². The number of nitrogens with one attached hydrogen (secondary N) is 2. The molecule has 0 unspecified atom stereocenters. The molecule has 7 heteroatoms. The van der Waals surface area contributed by atoms with E-state index in [4.69, 9.17) is 10.6 Å². The summed E-state index contributed by atoms with van der Waals surface area (Å²) in [7, 11) is -3.44. The molecule has 1 heterocycles. The van der Waals surface area contributed by atoms with E-state index in [0.29, 0.717) is 31.4 Å². The van der Waals surface area contributed by atoms with Crippen LogP contribution < -0.4 is 16.0 Å². The van der Waals surface area contributed by atoms with Crippen LogP contribution in [0.1, 0.15) is 12.8 Å². The number of hydrogen-bond acceptors (Lipinski definition) is 5. The Labute approximate surface area is 113 Å². The molecule has 0 radical (unpaired) electrons. The lowest BCUT2D eigenvalue weighted by Crippen LogP contribution is -2.32. The number of ether oxygens (including phenoxy) is 1. The second-order valence-corrected chi connectivity index (χ2v) is 6.34. The predicted molar refractivity (Wildman–Crippen MR) is 73.0 cm³/mol. The number of hydrogen-bond donors (Lipinski definition) is 3. The van der Waals surface area contributed by atoms with Gasteiger partial charge in [-0.3, -0.25) is 5.84 Å². The lowest BCUT2D eigenvalue weighted by atomic mass is 10.0. The lowest BCUT2D eigenvalue weighted by Gasteiger charge is -2.22. The van der Waals surface area contributed by atoms with Gasteiger partial charge in [0.2, 0.25) is 10.0 Å². The first-order valence-electron chi connectivity index (χ1n) is 6.26. The van der Waals surface area contributed by atoms with E-state index >= 15 is 0 Å². The van der Waals surface area contributed by atoms with E-state index in [1.165, 1.54) is 12.1 Å². The van der Waals surface area contributed by atoms with Gasteiger partial charge in [-0.25, -0.2) is 13.1 Å². The summed E-state index contributed by atoms with van der Waals surface area (Å²) in [4.78, 5) is 0.249. The van der Waals surface area contributed by atoms with Crippen molar-refractivity contribution in [2.24, 2.45) is 11.8 Å². The molecule has 0 saturated carbocycles. The van der Waals surface area contributed by atoms with E-state index in [1.54, 1.807) is 12.1 Å². The number of hydrazine groups is 1. The van der Waals surface area contributed by atoms with E-state index in [2.05, 4.69) is 10.1 Å². The highest BCUT2D eigenvalue weighted by atomic mass is 32.2. The molecule has 0 amide bonds. The number of benzene rings is 1. The van der Waals surface area contributed by atoms with Crippen molar-refractivity contribution in [3.05, 3.63) is 24.3 Å². The van der Waals surface area contributed by atoms with Crippen LogP contribution in [0, 0.1) is 5.92 Å². The minimum Gasteiger partial charge on any atom is -0.381 e. The third kappa shape index (κ3) is 3.90. The van der Waals surface area contributed by atoms with Crippen molar-refractivity contribution < 1.29 is 13.2 Å². The Morgan fingerprint density at radius 2 is 1.84 bits per heavy atom. The van der Waals surface area contributed by atoms with Gasteiger partial charge in [0.25, 0.3) is 0 Å². The maximum absolute atomic E-state index is 12.1. The average Bonchev–Trinajstić information content (AvgIpc) is 2.46. The summed E-state index contributed by atoms with van der Waals surface area (Å²) >= 11 is 0. The zero-order valence-corrected chi connectivity index (χ0v) is 11.4. The van der Waals surface area contributed by atoms with Gasteiger partial charge in [0.15, 0.2) is 0 Å². The van der Waals surface area contributed by atoms with Gasteiger partial charge in [-0.15, -0.1) is 0 Å². The van der Waals surface area contributed by atoms with E-state index in [0.717, 1.165) is 12.8 Å². The Balaban J connectivity index is 1.96. The molecule has 1 saturated heterocycles. The zero-order chi connectivity index (χ0) is 13.7. The Bertz CT molecular complexity index is 495. The first-order valence-corrected chi connectivity index (χ1v) is 7.74. The van der Waals surface area contributed by atoms with Gasteiger partial charge in [0, 0.05) is 25.4 Å². The van der Waals surface area contributed by atoms with E-state index in [-0.39, 0.29) is 4.90 Å². The van der Waals surface area contributed by atoms with Crippen molar-refractivity contribution in [2.75, 3.05) is 25.2 Å². The van der Waals surface area contributed by atoms with Crippen LogP contribution in [-0.2, 0) is 14.8 Å². The zero-order valence-electron chi connectivity index (χ0n) is 10.6. The van der Waals surface area contributed by atoms with Crippen LogP contribution in [0.25, 0.3) is 0 Å². The van der Waals surface area contributed by atoms with Gasteiger partial charge in [0.05, 0.1) is 4.90 Å². The second-order valence-electron chi connectivity index (χ2n) is 4.58. The fourth-order valence-electron chi connectivity index (χ4n) is 1.99. The Morgan fingerprint density at radius 1 is 1.21 bits per heavy atom. The van der Waals surface area contributed by atoms with E-state index in [9.17, 15) is 8.42 Å². The van der Waals surface area contributed by atoms with Gasteiger partial charge in [-0.1, -0.05) is 0 Å². The number of rotatable bonds is 5. The molecule has 1 aromatic rings. The third-order valence-corrected chi connectivity index (χ3v) is 4.67. The normalized spacial score (nSPS) is 17.3. The molecule has 106 valence electrons. The number of anilines is 1. The fourth-order valence-corrected chi connectivity index (χ4v) is 3.11. The highest BCUT2D eigenvalue weighted by Gasteiger charge is 2.18. The first kappa shape index (κ1) is 14.3. The molecule has 0 aliphatic carbocycles. The molecule has 0 aromatic heterocycles. The summed E-state index contributed by atoms with van der Waals surface area (Å²) in [6, 6.07) is 6.31. The summed E-state index contributed by atoms with van der Waals surface area (Å²) in [5, 5.41) is 0. The minimum atomic E-state index is -3.44. The standard InChI is InChI=1S/C12H19N3O3S/c13-15-11-1-3-12(4-2-11)19(16,17)14-9-10-5-7-18-8-6-10/h1-4,10,14-15H,5-9,13H2. The molecule has 0 spiro atoms. The molecule has 4 N–H and O–H groups in total. The molecule has 0 atom stereocenters. The van der Waals surface area contributed by atoms with Crippen LogP contribution in [0.3, 0.4) is 0 Å². The maximum Gasteiger partial charge on any atom is 0.240 e. The molecule has 1 fully saturated rings. The topological polar surface area (TPSA) is 93.5 Å². The monoisotopic (exact) mass is 285 g/mol. The summed E-state index contributed by atoms with van der Waals surface area (Å²) in [6.07, 6.45) is 1.80. The molecule has 1 aliphatic rings. The van der Waals surface area contributed by atoms with Gasteiger partial charge in [0.1, 0.15) is 0 Å². The van der Waals surface area contributed by atoms with Crippen LogP contribution in [0.2, 0.25) is 0 Å². The first-order chi connectivity index (χ1) is 9.12. The molecular formula is C12H19N3O3S. The SMILES string of the molecule is NNc1ccc(S(=O)(=O)NCC2CCOCC2)cc1. The van der Waals surface area contributed by atoms with E-state index in [1.807, 2.05) is 0 Å². The molecule has 1 aromatic carbocycles. The number of nitrogens with two attached hydrogens (primary N) is 1. The van der Waals surface area contributed by atoms with Crippen molar-refractivity contribution in [1.29, 1.82) is 0 Å². The summed E-state index contributed by atoms with van der Waals surface area (Å²) < 4.78 is 32.1.